The summed E-state index contributed by atoms with van der Waals surface area (Å²) in [6.07, 6.45) is 11.1. The van der Waals surface area contributed by atoms with Gasteiger partial charge in [-0.3, -0.25) is 0 Å². The number of rotatable bonds is 7. The third-order valence-corrected chi connectivity index (χ3v) is 2.30. The third kappa shape index (κ3) is 9.66. The molecule has 0 N–H and O–H groups in total. The molecule has 0 aliphatic heterocycles. The fourth-order valence-electron chi connectivity index (χ4n) is 1.39. The molecule has 0 spiro atoms. The van der Waals surface area contributed by atoms with Gasteiger partial charge in [0, 0.05) is 0 Å². The molecule has 0 aliphatic rings. The molecule has 13 heavy (non-hydrogen) atoms. The molecule has 0 amide bonds. The summed E-state index contributed by atoms with van der Waals surface area (Å²) < 4.78 is 0. The van der Waals surface area contributed by atoms with Gasteiger partial charge in [-0.25, -0.2) is 0 Å². The molecular weight excluding hydrogens is 156 g/mol. The topological polar surface area (TPSA) is 0 Å². The van der Waals surface area contributed by atoms with Gasteiger partial charge in [-0.2, -0.15) is 0 Å². The standard InChI is InChI=1S/C13H25/c1-5-6-7-10-13(4)11-8-9-12(2)3/h5,10,12H,6-9,11H2,1-4H3. The van der Waals surface area contributed by atoms with Crippen LogP contribution in [-0.4, -0.2) is 0 Å². The van der Waals surface area contributed by atoms with Gasteiger partial charge in [0.15, 0.2) is 0 Å². The van der Waals surface area contributed by atoms with Gasteiger partial charge in [0.1, 0.15) is 0 Å². The first-order valence-electron chi connectivity index (χ1n) is 5.60. The molecule has 0 aromatic heterocycles. The average molecular weight is 181 g/mol. The monoisotopic (exact) mass is 181 g/mol. The smallest absolute Gasteiger partial charge is 0.0323 e. The summed E-state index contributed by atoms with van der Waals surface area (Å²) >= 11 is 0. The lowest BCUT2D eigenvalue weighted by molar-refractivity contribution is 0.554. The van der Waals surface area contributed by atoms with Crippen LogP contribution in [0.3, 0.4) is 0 Å². The Bertz CT molecular complexity index is 131. The van der Waals surface area contributed by atoms with Crippen molar-refractivity contribution in [3.63, 3.8) is 0 Å². The van der Waals surface area contributed by atoms with Gasteiger partial charge in [0.25, 0.3) is 0 Å². The molecule has 0 aliphatic carbocycles. The molecular formula is C13H25. The zero-order valence-electron chi connectivity index (χ0n) is 9.77. The SMILES string of the molecule is C[CH]CCC=C(C)CCCC(C)C. The second kappa shape index (κ2) is 8.34. The van der Waals surface area contributed by atoms with Crippen LogP contribution in [0.2, 0.25) is 0 Å². The lowest BCUT2D eigenvalue weighted by atomic mass is 10.0. The van der Waals surface area contributed by atoms with Crippen molar-refractivity contribution < 1.29 is 0 Å². The van der Waals surface area contributed by atoms with E-state index in [0.29, 0.717) is 0 Å². The van der Waals surface area contributed by atoms with Crippen molar-refractivity contribution in [3.05, 3.63) is 18.1 Å². The van der Waals surface area contributed by atoms with Crippen LogP contribution >= 0.6 is 0 Å². The summed E-state index contributed by atoms with van der Waals surface area (Å²) in [7, 11) is 0. The second-order valence-electron chi connectivity index (χ2n) is 4.32. The molecule has 0 heteroatoms. The summed E-state index contributed by atoms with van der Waals surface area (Å²) in [5, 5.41) is 0. The molecule has 0 atom stereocenters. The molecule has 0 heterocycles. The highest BCUT2D eigenvalue weighted by molar-refractivity contribution is 4.97. The molecule has 1 radical (unpaired) electrons. The van der Waals surface area contributed by atoms with Gasteiger partial charge in [-0.05, 0) is 44.9 Å². The largest absolute Gasteiger partial charge is 0.0856 e. The van der Waals surface area contributed by atoms with Crippen LogP contribution in [0, 0.1) is 12.3 Å². The Morgan fingerprint density at radius 2 is 1.92 bits per heavy atom. The zero-order valence-corrected chi connectivity index (χ0v) is 9.77. The fraction of sp³-hybridized carbons (Fsp3) is 0.769. The van der Waals surface area contributed by atoms with E-state index < -0.39 is 0 Å². The lowest BCUT2D eigenvalue weighted by Gasteiger charge is -2.04. The number of hydrogen-bond donors (Lipinski definition) is 0. The Labute approximate surface area is 84.4 Å². The molecule has 0 nitrogen and oxygen atoms in total. The highest BCUT2D eigenvalue weighted by Gasteiger charge is 1.94. The number of allylic oxidation sites excluding steroid dienone is 2. The molecule has 0 saturated carbocycles. The van der Waals surface area contributed by atoms with Crippen molar-refractivity contribution >= 4 is 0 Å². The quantitative estimate of drug-likeness (QED) is 0.392. The van der Waals surface area contributed by atoms with E-state index in [2.05, 4.69) is 40.2 Å². The summed E-state index contributed by atoms with van der Waals surface area (Å²) in [5.41, 5.74) is 1.57. The molecule has 0 fully saturated rings. The van der Waals surface area contributed by atoms with Crippen molar-refractivity contribution in [3.8, 4) is 0 Å². The minimum atomic E-state index is 0.858. The Kier molecular flexibility index (Phi) is 8.18. The number of hydrogen-bond acceptors (Lipinski definition) is 0. The fourth-order valence-corrected chi connectivity index (χ4v) is 1.39. The van der Waals surface area contributed by atoms with Crippen LogP contribution in [0.4, 0.5) is 0 Å². The predicted octanol–water partition coefficient (Wildman–Crippen LogP) is 4.76. The van der Waals surface area contributed by atoms with Crippen molar-refractivity contribution in [1.29, 1.82) is 0 Å². The Morgan fingerprint density at radius 1 is 1.23 bits per heavy atom. The van der Waals surface area contributed by atoms with Gasteiger partial charge in [0.05, 0.1) is 0 Å². The van der Waals surface area contributed by atoms with E-state index in [0.717, 1.165) is 5.92 Å². The van der Waals surface area contributed by atoms with E-state index >= 15 is 0 Å². The van der Waals surface area contributed by atoms with Crippen molar-refractivity contribution in [2.75, 3.05) is 0 Å². The minimum absolute atomic E-state index is 0.858. The third-order valence-electron chi connectivity index (χ3n) is 2.30. The first-order valence-corrected chi connectivity index (χ1v) is 5.60. The van der Waals surface area contributed by atoms with E-state index in [9.17, 15) is 0 Å². The Morgan fingerprint density at radius 3 is 2.46 bits per heavy atom. The van der Waals surface area contributed by atoms with Crippen molar-refractivity contribution in [2.45, 2.75) is 59.8 Å². The normalized spacial score (nSPS) is 12.5. The highest BCUT2D eigenvalue weighted by atomic mass is 14.0. The van der Waals surface area contributed by atoms with Crippen LogP contribution in [0.1, 0.15) is 59.8 Å². The predicted molar refractivity (Wildman–Crippen MR) is 61.7 cm³/mol. The highest BCUT2D eigenvalue weighted by Crippen LogP contribution is 2.12. The van der Waals surface area contributed by atoms with Crippen molar-refractivity contribution in [2.24, 2.45) is 5.92 Å². The van der Waals surface area contributed by atoms with Crippen molar-refractivity contribution in [1.82, 2.24) is 0 Å². The van der Waals surface area contributed by atoms with Crippen LogP contribution in [0.5, 0.6) is 0 Å². The summed E-state index contributed by atoms with van der Waals surface area (Å²) in [6, 6.07) is 0. The molecule has 77 valence electrons. The summed E-state index contributed by atoms with van der Waals surface area (Å²) in [6.45, 7) is 8.98. The van der Waals surface area contributed by atoms with E-state index in [4.69, 9.17) is 0 Å². The summed E-state index contributed by atoms with van der Waals surface area (Å²) in [5.74, 6) is 0.858. The average Bonchev–Trinajstić information content (AvgIpc) is 2.04. The summed E-state index contributed by atoms with van der Waals surface area (Å²) in [4.78, 5) is 0. The molecule has 0 saturated heterocycles. The number of unbranched alkanes of at least 4 members (excludes halogenated alkanes) is 2. The first kappa shape index (κ1) is 12.7. The van der Waals surface area contributed by atoms with Gasteiger partial charge in [-0.15, -0.1) is 0 Å². The molecule has 0 rings (SSSR count). The Hall–Kier alpha value is -0.260. The van der Waals surface area contributed by atoms with E-state index in [1.807, 2.05) is 0 Å². The van der Waals surface area contributed by atoms with Crippen LogP contribution in [0.25, 0.3) is 0 Å². The van der Waals surface area contributed by atoms with Gasteiger partial charge in [0.2, 0.25) is 0 Å². The van der Waals surface area contributed by atoms with Crippen LogP contribution in [0.15, 0.2) is 11.6 Å². The Balaban J connectivity index is 3.38. The molecule has 0 bridgehead atoms. The van der Waals surface area contributed by atoms with Gasteiger partial charge < -0.3 is 0 Å². The molecule has 0 unspecified atom stereocenters. The van der Waals surface area contributed by atoms with Gasteiger partial charge in [-0.1, -0.05) is 38.8 Å². The minimum Gasteiger partial charge on any atom is -0.0856 e. The van der Waals surface area contributed by atoms with E-state index in [1.165, 1.54) is 32.1 Å². The lowest BCUT2D eigenvalue weighted by Crippen LogP contribution is -1.87. The van der Waals surface area contributed by atoms with Crippen LogP contribution < -0.4 is 0 Å². The maximum absolute atomic E-state index is 2.39. The van der Waals surface area contributed by atoms with Crippen LogP contribution in [-0.2, 0) is 0 Å². The molecule has 0 aromatic rings. The second-order valence-corrected chi connectivity index (χ2v) is 4.32. The zero-order chi connectivity index (χ0) is 10.1. The van der Waals surface area contributed by atoms with Gasteiger partial charge >= 0.3 is 0 Å². The maximum atomic E-state index is 2.39. The first-order chi connectivity index (χ1) is 6.16. The molecule has 0 aromatic carbocycles. The maximum Gasteiger partial charge on any atom is -0.0323 e. The van der Waals surface area contributed by atoms with E-state index in [-0.39, 0.29) is 0 Å². The van der Waals surface area contributed by atoms with E-state index in [1.54, 1.807) is 5.57 Å².